The molecule has 1 unspecified atom stereocenters. The first-order valence-electron chi connectivity index (χ1n) is 6.51. The van der Waals surface area contributed by atoms with Gasteiger partial charge < -0.3 is 15.4 Å². The van der Waals surface area contributed by atoms with Crippen LogP contribution in [0.25, 0.3) is 0 Å². The molecule has 2 rings (SSSR count). The number of nitrogens with two attached hydrogens (primary N) is 1. The van der Waals surface area contributed by atoms with Crippen molar-refractivity contribution in [3.8, 4) is 5.75 Å². The molecule has 4 nitrogen and oxygen atoms in total. The second-order valence-corrected chi connectivity index (χ2v) is 5.36. The van der Waals surface area contributed by atoms with Gasteiger partial charge in [-0.25, -0.2) is 4.99 Å². The molecule has 1 atom stereocenters. The van der Waals surface area contributed by atoms with Gasteiger partial charge in [-0.1, -0.05) is 11.6 Å². The van der Waals surface area contributed by atoms with E-state index in [0.29, 0.717) is 23.6 Å². The van der Waals surface area contributed by atoms with Gasteiger partial charge in [-0.15, -0.1) is 24.0 Å². The number of hydrogen-bond acceptors (Lipinski definition) is 2. The number of ether oxygens (including phenoxy) is 1. The van der Waals surface area contributed by atoms with Crippen LogP contribution in [-0.4, -0.2) is 36.6 Å². The van der Waals surface area contributed by atoms with E-state index in [1.807, 2.05) is 43.1 Å². The summed E-state index contributed by atoms with van der Waals surface area (Å²) < 4.78 is 5.74. The molecule has 0 amide bonds. The third-order valence-corrected chi connectivity index (χ3v) is 3.37. The van der Waals surface area contributed by atoms with Crippen molar-refractivity contribution in [3.63, 3.8) is 0 Å². The number of nitrogens with zero attached hydrogens (tertiary/aromatic N) is 2. The van der Waals surface area contributed by atoms with Crippen LogP contribution in [0.4, 0.5) is 0 Å². The van der Waals surface area contributed by atoms with Gasteiger partial charge in [0.2, 0.25) is 0 Å². The molecule has 0 bridgehead atoms. The number of hydrogen-bond donors (Lipinski definition) is 1. The Morgan fingerprint density at radius 3 is 2.60 bits per heavy atom. The van der Waals surface area contributed by atoms with Crippen molar-refractivity contribution in [2.45, 2.75) is 31.9 Å². The summed E-state index contributed by atoms with van der Waals surface area (Å²) in [6.45, 7) is 2.52. The molecule has 6 heteroatoms. The van der Waals surface area contributed by atoms with Crippen molar-refractivity contribution < 1.29 is 4.74 Å². The fourth-order valence-electron chi connectivity index (χ4n) is 1.77. The van der Waals surface area contributed by atoms with E-state index < -0.39 is 0 Å². The molecule has 0 aliphatic heterocycles. The average Bonchev–Trinajstić information content (AvgIpc) is 3.22. The lowest BCUT2D eigenvalue weighted by Gasteiger charge is -2.18. The summed E-state index contributed by atoms with van der Waals surface area (Å²) in [5.41, 5.74) is 5.92. The molecule has 20 heavy (non-hydrogen) atoms. The van der Waals surface area contributed by atoms with E-state index in [1.165, 1.54) is 12.8 Å². The molecular formula is C14H21ClIN3O. The monoisotopic (exact) mass is 409 g/mol. The predicted octanol–water partition coefficient (Wildman–Crippen LogP) is 3.13. The van der Waals surface area contributed by atoms with Crippen molar-refractivity contribution in [2.24, 2.45) is 10.7 Å². The number of benzene rings is 1. The molecule has 0 spiro atoms. The Balaban J connectivity index is 0.00000200. The minimum absolute atomic E-state index is 0. The summed E-state index contributed by atoms with van der Waals surface area (Å²) >= 11 is 5.82. The molecule has 1 aromatic carbocycles. The Morgan fingerprint density at radius 1 is 1.45 bits per heavy atom. The van der Waals surface area contributed by atoms with Crippen LogP contribution in [0.15, 0.2) is 29.3 Å². The Morgan fingerprint density at radius 2 is 2.05 bits per heavy atom. The fraction of sp³-hybridized carbons (Fsp3) is 0.500. The zero-order chi connectivity index (χ0) is 13.8. The van der Waals surface area contributed by atoms with E-state index in [9.17, 15) is 0 Å². The third-order valence-electron chi connectivity index (χ3n) is 3.12. The maximum Gasteiger partial charge on any atom is 0.191 e. The smallest absolute Gasteiger partial charge is 0.191 e. The number of aliphatic imine (C=N–C) groups is 1. The van der Waals surface area contributed by atoms with Crippen LogP contribution < -0.4 is 10.5 Å². The Labute approximate surface area is 142 Å². The number of halogens is 2. The molecule has 1 aromatic rings. The second kappa shape index (κ2) is 7.93. The van der Waals surface area contributed by atoms with Crippen LogP contribution >= 0.6 is 35.6 Å². The second-order valence-electron chi connectivity index (χ2n) is 4.92. The minimum Gasteiger partial charge on any atom is -0.489 e. The highest BCUT2D eigenvalue weighted by molar-refractivity contribution is 14.0. The van der Waals surface area contributed by atoms with Crippen molar-refractivity contribution in [3.05, 3.63) is 29.3 Å². The summed E-state index contributed by atoms with van der Waals surface area (Å²) in [7, 11) is 1.99. The highest BCUT2D eigenvalue weighted by atomic mass is 127. The highest BCUT2D eigenvalue weighted by Gasteiger charge is 2.27. The number of rotatable bonds is 5. The summed E-state index contributed by atoms with van der Waals surface area (Å²) in [5.74, 6) is 1.38. The van der Waals surface area contributed by atoms with E-state index >= 15 is 0 Å². The maximum atomic E-state index is 5.92. The van der Waals surface area contributed by atoms with Gasteiger partial charge in [-0.05, 0) is 44.0 Å². The van der Waals surface area contributed by atoms with Gasteiger partial charge in [-0.3, -0.25) is 0 Å². The molecule has 0 heterocycles. The van der Waals surface area contributed by atoms with Gasteiger partial charge in [-0.2, -0.15) is 0 Å². The molecule has 2 N–H and O–H groups in total. The van der Waals surface area contributed by atoms with E-state index in [4.69, 9.17) is 22.1 Å². The first-order valence-corrected chi connectivity index (χ1v) is 6.89. The summed E-state index contributed by atoms with van der Waals surface area (Å²) in [4.78, 5) is 6.40. The van der Waals surface area contributed by atoms with E-state index in [-0.39, 0.29) is 30.1 Å². The van der Waals surface area contributed by atoms with Crippen molar-refractivity contribution >= 4 is 41.5 Å². The molecular weight excluding hydrogens is 389 g/mol. The van der Waals surface area contributed by atoms with Crippen LogP contribution in [0.5, 0.6) is 5.75 Å². The van der Waals surface area contributed by atoms with Gasteiger partial charge in [0.25, 0.3) is 0 Å². The van der Waals surface area contributed by atoms with Crippen LogP contribution in [0.2, 0.25) is 5.02 Å². The Hall–Kier alpha value is -0.690. The summed E-state index contributed by atoms with van der Waals surface area (Å²) in [6, 6.07) is 7.89. The largest absolute Gasteiger partial charge is 0.489 e. The van der Waals surface area contributed by atoms with Crippen LogP contribution in [-0.2, 0) is 0 Å². The molecule has 0 saturated heterocycles. The lowest BCUT2D eigenvalue weighted by Crippen LogP contribution is -2.36. The predicted molar refractivity (Wildman–Crippen MR) is 94.2 cm³/mol. The summed E-state index contributed by atoms with van der Waals surface area (Å²) in [6.07, 6.45) is 2.40. The maximum absolute atomic E-state index is 5.92. The van der Waals surface area contributed by atoms with E-state index in [2.05, 4.69) is 4.99 Å². The molecule has 0 aromatic heterocycles. The summed E-state index contributed by atoms with van der Waals surface area (Å²) in [5, 5.41) is 0.702. The normalized spacial score (nSPS) is 16.2. The lowest BCUT2D eigenvalue weighted by molar-refractivity contribution is 0.230. The molecule has 1 saturated carbocycles. The minimum atomic E-state index is -0.0210. The fourth-order valence-corrected chi connectivity index (χ4v) is 1.89. The van der Waals surface area contributed by atoms with Crippen LogP contribution in [0.1, 0.15) is 19.8 Å². The molecule has 1 aliphatic carbocycles. The Kier molecular flexibility index (Phi) is 6.88. The van der Waals surface area contributed by atoms with E-state index in [0.717, 1.165) is 5.75 Å². The van der Waals surface area contributed by atoms with Crippen molar-refractivity contribution in [1.29, 1.82) is 0 Å². The van der Waals surface area contributed by atoms with Gasteiger partial charge in [0, 0.05) is 18.1 Å². The zero-order valence-corrected chi connectivity index (χ0v) is 14.8. The van der Waals surface area contributed by atoms with Crippen molar-refractivity contribution in [1.82, 2.24) is 4.90 Å². The third kappa shape index (κ3) is 5.36. The molecule has 1 aliphatic rings. The first kappa shape index (κ1) is 17.4. The molecule has 0 radical (unpaired) electrons. The van der Waals surface area contributed by atoms with Gasteiger partial charge in [0.15, 0.2) is 5.96 Å². The Bertz CT molecular complexity index is 448. The van der Waals surface area contributed by atoms with Gasteiger partial charge in [0.1, 0.15) is 11.9 Å². The topological polar surface area (TPSA) is 50.8 Å². The zero-order valence-electron chi connectivity index (χ0n) is 11.8. The molecule has 112 valence electrons. The molecule has 1 fully saturated rings. The number of guanidine groups is 1. The van der Waals surface area contributed by atoms with Gasteiger partial charge in [0.05, 0.1) is 6.54 Å². The average molecular weight is 410 g/mol. The van der Waals surface area contributed by atoms with Crippen molar-refractivity contribution in [2.75, 3.05) is 13.6 Å². The van der Waals surface area contributed by atoms with Crippen LogP contribution in [0.3, 0.4) is 0 Å². The van der Waals surface area contributed by atoms with E-state index in [1.54, 1.807) is 0 Å². The first-order chi connectivity index (χ1) is 9.06. The highest BCUT2D eigenvalue weighted by Crippen LogP contribution is 2.24. The quantitative estimate of drug-likeness (QED) is 0.462. The standard InChI is InChI=1S/C14H20ClN3O.HI/c1-10(19-13-7-3-11(15)4-8-13)9-17-14(16)18(2)12-5-6-12;/h3-4,7-8,10,12H,5-6,9H2,1-2H3,(H2,16,17);1H. The lowest BCUT2D eigenvalue weighted by atomic mass is 10.3. The van der Waals surface area contributed by atoms with Crippen LogP contribution in [0, 0.1) is 0 Å². The SMILES string of the molecule is CC(CN=C(N)N(C)C1CC1)Oc1ccc(Cl)cc1.I. The van der Waals surface area contributed by atoms with Gasteiger partial charge >= 0.3 is 0 Å².